The van der Waals surface area contributed by atoms with Crippen LogP contribution in [0.5, 0.6) is 0 Å². The van der Waals surface area contributed by atoms with Crippen molar-refractivity contribution in [1.29, 1.82) is 0 Å². The monoisotopic (exact) mass is 301 g/mol. The standard InChI is InChI=1S/C17H16ClNO2/c18-16-8-7-14(9-15(16)17(20)21)19-10-11-1-3-12(4-2-11)13-5-6-13/h1-4,7-9,13,19H,5-6,10H2,(H,20,21). The van der Waals surface area contributed by atoms with E-state index in [1.54, 1.807) is 18.2 Å². The summed E-state index contributed by atoms with van der Waals surface area (Å²) < 4.78 is 0. The van der Waals surface area contributed by atoms with Crippen LogP contribution in [0.2, 0.25) is 5.02 Å². The Kier molecular flexibility index (Phi) is 3.84. The van der Waals surface area contributed by atoms with Crippen molar-refractivity contribution in [3.8, 4) is 0 Å². The Morgan fingerprint density at radius 2 is 1.90 bits per heavy atom. The van der Waals surface area contributed by atoms with Gasteiger partial charge in [-0.05, 0) is 48.1 Å². The van der Waals surface area contributed by atoms with E-state index in [4.69, 9.17) is 16.7 Å². The molecular formula is C17H16ClNO2. The Balaban J connectivity index is 1.66. The van der Waals surface area contributed by atoms with Crippen LogP contribution in [-0.2, 0) is 6.54 Å². The number of halogens is 1. The molecular weight excluding hydrogens is 286 g/mol. The third kappa shape index (κ3) is 3.37. The van der Waals surface area contributed by atoms with E-state index in [1.165, 1.54) is 24.0 Å². The molecule has 1 saturated carbocycles. The number of carbonyl (C=O) groups is 1. The Morgan fingerprint density at radius 3 is 2.52 bits per heavy atom. The molecule has 0 bridgehead atoms. The molecule has 0 atom stereocenters. The zero-order valence-corrected chi connectivity index (χ0v) is 12.2. The average molecular weight is 302 g/mol. The van der Waals surface area contributed by atoms with Crippen LogP contribution in [0.25, 0.3) is 0 Å². The van der Waals surface area contributed by atoms with Gasteiger partial charge in [-0.2, -0.15) is 0 Å². The minimum absolute atomic E-state index is 0.116. The molecule has 0 aliphatic heterocycles. The third-order valence-corrected chi connectivity index (χ3v) is 4.05. The van der Waals surface area contributed by atoms with Crippen molar-refractivity contribution in [2.24, 2.45) is 0 Å². The van der Waals surface area contributed by atoms with E-state index in [0.29, 0.717) is 6.54 Å². The third-order valence-electron chi connectivity index (χ3n) is 3.72. The Labute approximate surface area is 128 Å². The minimum atomic E-state index is -1.02. The maximum atomic E-state index is 11.0. The summed E-state index contributed by atoms with van der Waals surface area (Å²) in [5.41, 5.74) is 3.46. The van der Waals surface area contributed by atoms with Crippen molar-refractivity contribution in [1.82, 2.24) is 0 Å². The van der Waals surface area contributed by atoms with Gasteiger partial charge in [-0.3, -0.25) is 0 Å². The number of rotatable bonds is 5. The lowest BCUT2D eigenvalue weighted by atomic mass is 10.1. The first-order valence-corrected chi connectivity index (χ1v) is 7.37. The smallest absolute Gasteiger partial charge is 0.337 e. The lowest BCUT2D eigenvalue weighted by Gasteiger charge is -2.09. The van der Waals surface area contributed by atoms with Gasteiger partial charge in [0.25, 0.3) is 0 Å². The van der Waals surface area contributed by atoms with Gasteiger partial charge in [0.2, 0.25) is 0 Å². The van der Waals surface area contributed by atoms with Gasteiger partial charge < -0.3 is 10.4 Å². The van der Waals surface area contributed by atoms with Crippen LogP contribution in [0.15, 0.2) is 42.5 Å². The lowest BCUT2D eigenvalue weighted by Crippen LogP contribution is -2.02. The van der Waals surface area contributed by atoms with Gasteiger partial charge in [0.15, 0.2) is 0 Å². The number of benzene rings is 2. The largest absolute Gasteiger partial charge is 0.478 e. The highest BCUT2D eigenvalue weighted by Crippen LogP contribution is 2.39. The summed E-state index contributed by atoms with van der Waals surface area (Å²) in [4.78, 5) is 11.0. The molecule has 3 nitrogen and oxygen atoms in total. The summed E-state index contributed by atoms with van der Waals surface area (Å²) in [5.74, 6) is -0.251. The molecule has 2 N–H and O–H groups in total. The number of anilines is 1. The van der Waals surface area contributed by atoms with Crippen LogP contribution in [0, 0.1) is 0 Å². The Hall–Kier alpha value is -2.00. The molecule has 0 saturated heterocycles. The molecule has 1 fully saturated rings. The summed E-state index contributed by atoms with van der Waals surface area (Å²) in [6.07, 6.45) is 2.61. The van der Waals surface area contributed by atoms with Crippen molar-refractivity contribution in [2.75, 3.05) is 5.32 Å². The quantitative estimate of drug-likeness (QED) is 0.853. The predicted molar refractivity (Wildman–Crippen MR) is 84.2 cm³/mol. The van der Waals surface area contributed by atoms with Crippen LogP contribution < -0.4 is 5.32 Å². The molecule has 0 unspecified atom stereocenters. The summed E-state index contributed by atoms with van der Waals surface area (Å²) >= 11 is 5.85. The van der Waals surface area contributed by atoms with E-state index in [2.05, 4.69) is 29.6 Å². The SMILES string of the molecule is O=C(O)c1cc(NCc2ccc(C3CC3)cc2)ccc1Cl. The van der Waals surface area contributed by atoms with Crippen LogP contribution in [-0.4, -0.2) is 11.1 Å². The van der Waals surface area contributed by atoms with Gasteiger partial charge in [0.1, 0.15) is 0 Å². The highest BCUT2D eigenvalue weighted by molar-refractivity contribution is 6.33. The fraction of sp³-hybridized carbons (Fsp3) is 0.235. The van der Waals surface area contributed by atoms with Gasteiger partial charge >= 0.3 is 5.97 Å². The molecule has 0 aromatic heterocycles. The van der Waals surface area contributed by atoms with Gasteiger partial charge in [-0.25, -0.2) is 4.79 Å². The van der Waals surface area contributed by atoms with Gasteiger partial charge in [-0.1, -0.05) is 35.9 Å². The second kappa shape index (κ2) is 5.78. The average Bonchev–Trinajstić information content (AvgIpc) is 3.31. The molecule has 0 heterocycles. The van der Waals surface area contributed by atoms with E-state index in [0.717, 1.165) is 11.6 Å². The molecule has 0 amide bonds. The topological polar surface area (TPSA) is 49.3 Å². The zero-order chi connectivity index (χ0) is 14.8. The number of hydrogen-bond donors (Lipinski definition) is 2. The summed E-state index contributed by atoms with van der Waals surface area (Å²) in [5, 5.41) is 12.5. The molecule has 0 radical (unpaired) electrons. The van der Waals surface area contributed by atoms with Crippen LogP contribution in [0.4, 0.5) is 5.69 Å². The number of hydrogen-bond acceptors (Lipinski definition) is 2. The lowest BCUT2D eigenvalue weighted by molar-refractivity contribution is 0.0697. The van der Waals surface area contributed by atoms with E-state index < -0.39 is 5.97 Å². The van der Waals surface area contributed by atoms with E-state index in [1.807, 2.05) is 0 Å². The summed E-state index contributed by atoms with van der Waals surface area (Å²) in [7, 11) is 0. The number of carboxylic acid groups (broad SMARTS) is 1. The first-order chi connectivity index (χ1) is 10.1. The second-order valence-corrected chi connectivity index (χ2v) is 5.78. The number of aromatic carboxylic acids is 1. The Morgan fingerprint density at radius 1 is 1.19 bits per heavy atom. The molecule has 0 spiro atoms. The molecule has 3 rings (SSSR count). The molecule has 2 aromatic rings. The highest BCUT2D eigenvalue weighted by Gasteiger charge is 2.22. The van der Waals surface area contributed by atoms with E-state index >= 15 is 0 Å². The number of carboxylic acids is 1. The van der Waals surface area contributed by atoms with E-state index in [-0.39, 0.29) is 10.6 Å². The normalized spacial score (nSPS) is 14.0. The van der Waals surface area contributed by atoms with Crippen LogP contribution in [0.1, 0.15) is 40.2 Å². The second-order valence-electron chi connectivity index (χ2n) is 5.37. The van der Waals surface area contributed by atoms with Crippen molar-refractivity contribution >= 4 is 23.3 Å². The van der Waals surface area contributed by atoms with E-state index in [9.17, 15) is 4.79 Å². The molecule has 1 aliphatic rings. The van der Waals surface area contributed by atoms with Gasteiger partial charge in [-0.15, -0.1) is 0 Å². The highest BCUT2D eigenvalue weighted by atomic mass is 35.5. The molecule has 108 valence electrons. The van der Waals surface area contributed by atoms with Crippen molar-refractivity contribution in [2.45, 2.75) is 25.3 Å². The van der Waals surface area contributed by atoms with Crippen molar-refractivity contribution < 1.29 is 9.90 Å². The molecule has 2 aromatic carbocycles. The van der Waals surface area contributed by atoms with Crippen LogP contribution in [0.3, 0.4) is 0 Å². The fourth-order valence-corrected chi connectivity index (χ4v) is 2.53. The summed E-state index contributed by atoms with van der Waals surface area (Å²) in [6.45, 7) is 0.658. The Bertz CT molecular complexity index is 663. The fourth-order valence-electron chi connectivity index (χ4n) is 2.33. The first-order valence-electron chi connectivity index (χ1n) is 6.99. The first kappa shape index (κ1) is 14.0. The van der Waals surface area contributed by atoms with Gasteiger partial charge in [0, 0.05) is 12.2 Å². The maximum absolute atomic E-state index is 11.0. The van der Waals surface area contributed by atoms with Gasteiger partial charge in [0.05, 0.1) is 10.6 Å². The predicted octanol–water partition coefficient (Wildman–Crippen LogP) is 4.53. The number of nitrogens with one attached hydrogen (secondary N) is 1. The van der Waals surface area contributed by atoms with Crippen molar-refractivity contribution in [3.05, 3.63) is 64.2 Å². The van der Waals surface area contributed by atoms with Crippen LogP contribution >= 0.6 is 11.6 Å². The molecule has 1 aliphatic carbocycles. The molecule has 4 heteroatoms. The summed E-state index contributed by atoms with van der Waals surface area (Å²) in [6, 6.07) is 13.5. The zero-order valence-electron chi connectivity index (χ0n) is 11.5. The van der Waals surface area contributed by atoms with Crippen molar-refractivity contribution in [3.63, 3.8) is 0 Å². The molecule has 21 heavy (non-hydrogen) atoms. The minimum Gasteiger partial charge on any atom is -0.478 e. The maximum Gasteiger partial charge on any atom is 0.337 e.